The first-order valence-electron chi connectivity index (χ1n) is 11.0. The highest BCUT2D eigenvalue weighted by atomic mass is 32.2. The number of sulfone groups is 1. The average Bonchev–Trinajstić information content (AvgIpc) is 2.81. The molecule has 0 fully saturated rings. The summed E-state index contributed by atoms with van der Waals surface area (Å²) in [5.41, 5.74) is -11.0. The molecule has 0 spiro atoms. The van der Waals surface area contributed by atoms with E-state index in [1.54, 1.807) is 0 Å². The van der Waals surface area contributed by atoms with Crippen molar-refractivity contribution in [3.8, 4) is 12.1 Å². The number of halogens is 6. The quantitative estimate of drug-likeness (QED) is 0.331. The van der Waals surface area contributed by atoms with E-state index in [2.05, 4.69) is 0 Å². The fourth-order valence-electron chi connectivity index (χ4n) is 3.48. The Bertz CT molecular complexity index is 1440. The lowest BCUT2D eigenvalue weighted by Crippen LogP contribution is -2.51. The Morgan fingerprint density at radius 1 is 0.756 bits per heavy atom. The van der Waals surface area contributed by atoms with E-state index in [0.717, 1.165) is 24.3 Å². The maximum absolute atomic E-state index is 13.2. The molecule has 0 saturated heterocycles. The molecule has 4 N–H and O–H groups in total. The van der Waals surface area contributed by atoms with Crippen LogP contribution >= 0.6 is 0 Å². The highest BCUT2D eigenvalue weighted by molar-refractivity contribution is 7.91. The maximum Gasteiger partial charge on any atom is 0.417 e. The summed E-state index contributed by atoms with van der Waals surface area (Å²) < 4.78 is 104. The van der Waals surface area contributed by atoms with Gasteiger partial charge in [0.2, 0.25) is 0 Å². The van der Waals surface area contributed by atoms with Crippen molar-refractivity contribution in [3.05, 3.63) is 58.7 Å². The molecule has 0 heterocycles. The number of amides is 2. The van der Waals surface area contributed by atoms with Crippen LogP contribution < -0.4 is 10.6 Å². The van der Waals surface area contributed by atoms with Gasteiger partial charge in [-0.25, -0.2) is 8.42 Å². The van der Waals surface area contributed by atoms with Crippen LogP contribution in [0.1, 0.15) is 36.1 Å². The largest absolute Gasteiger partial charge is 0.417 e. The third kappa shape index (κ3) is 8.40. The summed E-state index contributed by atoms with van der Waals surface area (Å²) in [5, 5.41) is 42.4. The molecule has 0 aliphatic rings. The van der Waals surface area contributed by atoms with Gasteiger partial charge in [-0.1, -0.05) is 0 Å². The van der Waals surface area contributed by atoms with Gasteiger partial charge in [-0.15, -0.1) is 0 Å². The van der Waals surface area contributed by atoms with E-state index in [-0.39, 0.29) is 0 Å². The number of hydrogen-bond acceptors (Lipinski definition) is 8. The van der Waals surface area contributed by atoms with Gasteiger partial charge >= 0.3 is 12.4 Å². The minimum Gasteiger partial charge on any atom is -0.379 e. The smallest absolute Gasteiger partial charge is 0.379 e. The van der Waals surface area contributed by atoms with E-state index >= 15 is 0 Å². The van der Waals surface area contributed by atoms with Crippen molar-refractivity contribution in [2.75, 3.05) is 22.1 Å². The van der Waals surface area contributed by atoms with Crippen molar-refractivity contribution in [2.45, 2.75) is 37.4 Å². The second-order valence-electron chi connectivity index (χ2n) is 9.23. The van der Waals surface area contributed by atoms with Gasteiger partial charge in [-0.3, -0.25) is 9.59 Å². The van der Waals surface area contributed by atoms with E-state index in [1.807, 2.05) is 10.6 Å². The molecule has 10 nitrogen and oxygen atoms in total. The van der Waals surface area contributed by atoms with Crippen LogP contribution in [-0.2, 0) is 31.8 Å². The summed E-state index contributed by atoms with van der Waals surface area (Å²) in [4.78, 5) is 25.0. The molecule has 0 aliphatic carbocycles. The SMILES string of the molecule is CC(O)(CS(=O)(=O)CC(C)(O)C(=O)Nc1ccc(C#N)c(C(F)(F)F)c1)C(=O)Nc1ccc(C#N)c(C(F)(F)F)c1. The second-order valence-corrected chi connectivity index (χ2v) is 11.3. The number of aliphatic hydroxyl groups is 2. The Morgan fingerprint density at radius 2 is 1.07 bits per heavy atom. The molecule has 41 heavy (non-hydrogen) atoms. The predicted molar refractivity (Wildman–Crippen MR) is 129 cm³/mol. The number of carbonyl (C=O) groups is 2. The van der Waals surface area contributed by atoms with Crippen molar-refractivity contribution < 1.29 is 54.6 Å². The first-order valence-corrected chi connectivity index (χ1v) is 12.9. The van der Waals surface area contributed by atoms with Crippen LogP contribution in [0.25, 0.3) is 0 Å². The van der Waals surface area contributed by atoms with E-state index in [9.17, 15) is 54.6 Å². The number of carbonyl (C=O) groups excluding carboxylic acids is 2. The highest BCUT2D eigenvalue weighted by Gasteiger charge is 2.42. The van der Waals surface area contributed by atoms with Crippen molar-refractivity contribution >= 4 is 33.0 Å². The number of nitriles is 2. The summed E-state index contributed by atoms with van der Waals surface area (Å²) in [7, 11) is -4.72. The lowest BCUT2D eigenvalue weighted by atomic mass is 10.1. The van der Waals surface area contributed by atoms with Gasteiger partial charge in [-0.05, 0) is 50.2 Å². The molecule has 0 bridgehead atoms. The first kappa shape index (κ1) is 33.0. The van der Waals surface area contributed by atoms with Gasteiger partial charge in [0.1, 0.15) is 0 Å². The summed E-state index contributed by atoms with van der Waals surface area (Å²) in [5.74, 6) is -5.85. The number of hydrogen-bond donors (Lipinski definition) is 4. The first-order chi connectivity index (χ1) is 18.5. The summed E-state index contributed by atoms with van der Waals surface area (Å²) >= 11 is 0. The third-order valence-corrected chi connectivity index (χ3v) is 7.39. The van der Waals surface area contributed by atoms with Crippen molar-refractivity contribution in [2.24, 2.45) is 0 Å². The molecule has 2 unspecified atom stereocenters. The minimum atomic E-state index is -4.98. The van der Waals surface area contributed by atoms with Gasteiger partial charge in [-0.2, -0.15) is 36.9 Å². The van der Waals surface area contributed by atoms with E-state index in [1.165, 1.54) is 12.1 Å². The zero-order chi connectivity index (χ0) is 31.6. The third-order valence-electron chi connectivity index (χ3n) is 5.39. The van der Waals surface area contributed by atoms with Gasteiger partial charge < -0.3 is 20.8 Å². The average molecular weight is 607 g/mol. The summed E-state index contributed by atoms with van der Waals surface area (Å²) in [6, 6.07) is 6.72. The zero-order valence-corrected chi connectivity index (χ0v) is 21.8. The molecular formula is C24H20F6N4O6S. The van der Waals surface area contributed by atoms with Crippen molar-refractivity contribution in [1.82, 2.24) is 0 Å². The predicted octanol–water partition coefficient (Wildman–Crippen LogP) is 2.96. The minimum absolute atomic E-state index is 0.392. The maximum atomic E-state index is 13.2. The van der Waals surface area contributed by atoms with E-state index < -0.39 is 90.3 Å². The molecule has 0 saturated carbocycles. The molecular weight excluding hydrogens is 586 g/mol. The molecule has 0 aromatic heterocycles. The highest BCUT2D eigenvalue weighted by Crippen LogP contribution is 2.35. The monoisotopic (exact) mass is 606 g/mol. The fourth-order valence-corrected chi connectivity index (χ4v) is 5.56. The molecule has 2 amide bonds. The number of nitrogens with one attached hydrogen (secondary N) is 2. The van der Waals surface area contributed by atoms with E-state index in [4.69, 9.17) is 10.5 Å². The fraction of sp³-hybridized carbons (Fsp3) is 0.333. The van der Waals surface area contributed by atoms with Crippen LogP contribution in [0.4, 0.5) is 37.7 Å². The molecule has 0 radical (unpaired) electrons. The normalized spacial score (nSPS) is 15.0. The Labute approximate surface area is 228 Å². The van der Waals surface area contributed by atoms with Crippen LogP contribution in [0, 0.1) is 22.7 Å². The second kappa shape index (κ2) is 11.4. The van der Waals surface area contributed by atoms with Crippen LogP contribution in [-0.4, -0.2) is 53.2 Å². The van der Waals surface area contributed by atoms with Crippen LogP contribution in [0.5, 0.6) is 0 Å². The lowest BCUT2D eigenvalue weighted by molar-refractivity contribution is -0.138. The topological polar surface area (TPSA) is 180 Å². The van der Waals surface area contributed by atoms with Crippen LogP contribution in [0.3, 0.4) is 0 Å². The van der Waals surface area contributed by atoms with Crippen LogP contribution in [0.2, 0.25) is 0 Å². The Kier molecular flexibility index (Phi) is 9.15. The van der Waals surface area contributed by atoms with Crippen LogP contribution in [0.15, 0.2) is 36.4 Å². The molecule has 2 aromatic carbocycles. The Balaban J connectivity index is 2.19. The number of alkyl halides is 6. The molecule has 0 aliphatic heterocycles. The van der Waals surface area contributed by atoms with Gasteiger partial charge in [0.05, 0.1) is 45.9 Å². The summed E-state index contributed by atoms with van der Waals surface area (Å²) in [6.07, 6.45) is -9.95. The molecule has 220 valence electrons. The standard InChI is InChI=1S/C24H20F6N4O6S/c1-21(37,19(35)33-15-5-3-13(9-31)17(7-15)23(25,26)27)11-41(39,40)12-22(2,38)20(36)34-16-6-4-14(10-32)18(8-16)24(28,29)30/h3-8,37-38H,11-12H2,1-2H3,(H,33,35)(H,34,36). The Morgan fingerprint density at radius 3 is 1.34 bits per heavy atom. The molecule has 2 atom stereocenters. The van der Waals surface area contributed by atoms with Crippen molar-refractivity contribution in [3.63, 3.8) is 0 Å². The Hall–Kier alpha value is -4.19. The number of rotatable bonds is 8. The molecule has 2 rings (SSSR count). The number of nitrogens with zero attached hydrogens (tertiary/aromatic N) is 2. The molecule has 2 aromatic rings. The van der Waals surface area contributed by atoms with Gasteiger partial charge in [0.25, 0.3) is 11.8 Å². The number of benzene rings is 2. The zero-order valence-electron chi connectivity index (χ0n) is 21.0. The van der Waals surface area contributed by atoms with E-state index in [0.29, 0.717) is 26.0 Å². The lowest BCUT2D eigenvalue weighted by Gasteiger charge is -2.26. The van der Waals surface area contributed by atoms with Gasteiger partial charge in [0, 0.05) is 11.4 Å². The summed E-state index contributed by atoms with van der Waals surface area (Å²) in [6.45, 7) is 1.39. The van der Waals surface area contributed by atoms with Gasteiger partial charge in [0.15, 0.2) is 21.0 Å². The van der Waals surface area contributed by atoms with Crippen molar-refractivity contribution in [1.29, 1.82) is 10.5 Å². The number of anilines is 2. The molecule has 17 heteroatoms.